The fraction of sp³-hybridized carbons (Fsp3) is 0.857. The Kier molecular flexibility index (Phi) is 7.29. The molecule has 1 N–H and O–H groups in total. The molecule has 154 valence electrons. The second-order valence-corrected chi connectivity index (χ2v) is 9.73. The van der Waals surface area contributed by atoms with E-state index in [0.29, 0.717) is 44.9 Å². The number of nitrogens with zero attached hydrogens (tertiary/aromatic N) is 2. The van der Waals surface area contributed by atoms with Crippen LogP contribution < -0.4 is 5.32 Å². The standard InChI is InChI=1S/C21H37N3O3/c1-15(2)8-10-22-20(27)23-12-9-16(14-23)19(26)17-7-6-11-24(17)18(25)13-21(3,4)5/h15-17H,6-14H2,1-5H3,(H,22,27)/t16?,17-/m0/s1. The summed E-state index contributed by atoms with van der Waals surface area (Å²) in [7, 11) is 0. The van der Waals surface area contributed by atoms with Crippen LogP contribution in [0.5, 0.6) is 0 Å². The van der Waals surface area contributed by atoms with Crippen LogP contribution in [0.25, 0.3) is 0 Å². The Bertz CT molecular complexity index is 553. The molecule has 0 bridgehead atoms. The van der Waals surface area contributed by atoms with Crippen molar-refractivity contribution in [2.24, 2.45) is 17.3 Å². The molecule has 2 saturated heterocycles. The van der Waals surface area contributed by atoms with Crippen molar-refractivity contribution in [1.29, 1.82) is 0 Å². The van der Waals surface area contributed by atoms with E-state index in [4.69, 9.17) is 0 Å². The van der Waals surface area contributed by atoms with Gasteiger partial charge in [-0.05, 0) is 37.0 Å². The molecule has 2 fully saturated rings. The van der Waals surface area contributed by atoms with Gasteiger partial charge in [0.05, 0.1) is 6.04 Å². The van der Waals surface area contributed by atoms with Gasteiger partial charge in [0.25, 0.3) is 0 Å². The average molecular weight is 380 g/mol. The number of urea groups is 1. The molecule has 1 unspecified atom stereocenters. The number of nitrogens with one attached hydrogen (secondary N) is 1. The van der Waals surface area contributed by atoms with Gasteiger partial charge in [-0.3, -0.25) is 9.59 Å². The molecule has 3 amide bonds. The number of ketones is 1. The Morgan fingerprint density at radius 3 is 2.44 bits per heavy atom. The van der Waals surface area contributed by atoms with Crippen LogP contribution in [-0.4, -0.2) is 59.7 Å². The Labute approximate surface area is 164 Å². The lowest BCUT2D eigenvalue weighted by Gasteiger charge is -2.28. The summed E-state index contributed by atoms with van der Waals surface area (Å²) in [6.07, 6.45) is 3.76. The van der Waals surface area contributed by atoms with Gasteiger partial charge < -0.3 is 15.1 Å². The van der Waals surface area contributed by atoms with E-state index in [2.05, 4.69) is 19.2 Å². The lowest BCUT2D eigenvalue weighted by Crippen LogP contribution is -2.45. The third-order valence-electron chi connectivity index (χ3n) is 5.46. The van der Waals surface area contributed by atoms with Crippen molar-refractivity contribution >= 4 is 17.7 Å². The van der Waals surface area contributed by atoms with Crippen LogP contribution in [0.3, 0.4) is 0 Å². The monoisotopic (exact) mass is 379 g/mol. The number of rotatable bonds is 6. The van der Waals surface area contributed by atoms with Crippen LogP contribution in [0.4, 0.5) is 4.79 Å². The number of hydrogen-bond acceptors (Lipinski definition) is 3. The van der Waals surface area contributed by atoms with E-state index in [1.165, 1.54) is 0 Å². The summed E-state index contributed by atoms with van der Waals surface area (Å²) < 4.78 is 0. The minimum absolute atomic E-state index is 0.0713. The van der Waals surface area contributed by atoms with Gasteiger partial charge in [0.1, 0.15) is 0 Å². The third kappa shape index (κ3) is 6.22. The lowest BCUT2D eigenvalue weighted by atomic mass is 9.90. The second-order valence-electron chi connectivity index (χ2n) is 9.73. The minimum atomic E-state index is -0.297. The fourth-order valence-corrected chi connectivity index (χ4v) is 3.94. The molecule has 27 heavy (non-hydrogen) atoms. The molecule has 0 spiro atoms. The Morgan fingerprint density at radius 1 is 1.11 bits per heavy atom. The third-order valence-corrected chi connectivity index (χ3v) is 5.46. The highest BCUT2D eigenvalue weighted by Gasteiger charge is 2.40. The van der Waals surface area contributed by atoms with Gasteiger partial charge in [-0.1, -0.05) is 34.6 Å². The number of likely N-dealkylation sites (tertiary alicyclic amines) is 2. The maximum absolute atomic E-state index is 13.0. The summed E-state index contributed by atoms with van der Waals surface area (Å²) in [5, 5.41) is 2.95. The smallest absolute Gasteiger partial charge is 0.317 e. The van der Waals surface area contributed by atoms with Gasteiger partial charge in [-0.2, -0.15) is 0 Å². The average Bonchev–Trinajstić information content (AvgIpc) is 3.21. The molecule has 6 nitrogen and oxygen atoms in total. The summed E-state index contributed by atoms with van der Waals surface area (Å²) in [6, 6.07) is -0.369. The van der Waals surface area contributed by atoms with Crippen molar-refractivity contribution in [3.05, 3.63) is 0 Å². The molecule has 2 rings (SSSR count). The maximum atomic E-state index is 13.0. The molecule has 0 aromatic rings. The molecule has 2 aliphatic rings. The van der Waals surface area contributed by atoms with Crippen LogP contribution in [-0.2, 0) is 9.59 Å². The largest absolute Gasteiger partial charge is 0.338 e. The lowest BCUT2D eigenvalue weighted by molar-refractivity contribution is -0.140. The Morgan fingerprint density at radius 2 is 1.81 bits per heavy atom. The predicted octanol–water partition coefficient (Wildman–Crippen LogP) is 3.06. The summed E-state index contributed by atoms with van der Waals surface area (Å²) in [5.41, 5.74) is -0.0779. The number of carbonyl (C=O) groups is 3. The summed E-state index contributed by atoms with van der Waals surface area (Å²) in [4.78, 5) is 41.5. The Balaban J connectivity index is 1.88. The minimum Gasteiger partial charge on any atom is -0.338 e. The van der Waals surface area contributed by atoms with Crippen LogP contribution in [0, 0.1) is 17.3 Å². The molecule has 0 radical (unpaired) electrons. The molecule has 2 heterocycles. The number of amides is 3. The van der Waals surface area contributed by atoms with Crippen LogP contribution in [0.15, 0.2) is 0 Å². The van der Waals surface area contributed by atoms with E-state index < -0.39 is 0 Å². The first kappa shape index (κ1) is 21.7. The van der Waals surface area contributed by atoms with E-state index in [-0.39, 0.29) is 35.1 Å². The van der Waals surface area contributed by atoms with E-state index in [1.54, 1.807) is 9.80 Å². The molecular weight excluding hydrogens is 342 g/mol. The van der Waals surface area contributed by atoms with Crippen molar-refractivity contribution < 1.29 is 14.4 Å². The molecule has 0 aromatic carbocycles. The van der Waals surface area contributed by atoms with Crippen molar-refractivity contribution in [3.63, 3.8) is 0 Å². The normalized spacial score (nSPS) is 23.2. The first-order valence-electron chi connectivity index (χ1n) is 10.4. The highest BCUT2D eigenvalue weighted by Crippen LogP contribution is 2.28. The zero-order valence-corrected chi connectivity index (χ0v) is 17.7. The van der Waals surface area contributed by atoms with E-state index in [1.807, 2.05) is 20.8 Å². The van der Waals surface area contributed by atoms with Crippen molar-refractivity contribution in [2.75, 3.05) is 26.2 Å². The second kappa shape index (κ2) is 9.07. The van der Waals surface area contributed by atoms with E-state index >= 15 is 0 Å². The van der Waals surface area contributed by atoms with Gasteiger partial charge in [0.15, 0.2) is 5.78 Å². The topological polar surface area (TPSA) is 69.7 Å². The first-order valence-corrected chi connectivity index (χ1v) is 10.4. The summed E-state index contributed by atoms with van der Waals surface area (Å²) in [6.45, 7) is 12.8. The molecule has 0 aliphatic carbocycles. The van der Waals surface area contributed by atoms with Crippen molar-refractivity contribution in [3.8, 4) is 0 Å². The summed E-state index contributed by atoms with van der Waals surface area (Å²) >= 11 is 0. The van der Waals surface area contributed by atoms with Gasteiger partial charge in [-0.15, -0.1) is 0 Å². The zero-order valence-electron chi connectivity index (χ0n) is 17.7. The molecule has 6 heteroatoms. The number of Topliss-reactive ketones (excluding diaryl/α,β-unsaturated/α-hetero) is 1. The predicted molar refractivity (Wildman–Crippen MR) is 106 cm³/mol. The van der Waals surface area contributed by atoms with E-state index in [0.717, 1.165) is 19.3 Å². The molecular formula is C21H37N3O3. The fourth-order valence-electron chi connectivity index (χ4n) is 3.94. The number of hydrogen-bond donors (Lipinski definition) is 1. The zero-order chi connectivity index (χ0) is 20.2. The first-order chi connectivity index (χ1) is 12.6. The van der Waals surface area contributed by atoms with Crippen LogP contribution in [0.1, 0.15) is 66.7 Å². The highest BCUT2D eigenvalue weighted by atomic mass is 16.2. The quantitative estimate of drug-likeness (QED) is 0.771. The highest BCUT2D eigenvalue weighted by molar-refractivity contribution is 5.92. The van der Waals surface area contributed by atoms with Gasteiger partial charge in [0, 0.05) is 38.5 Å². The van der Waals surface area contributed by atoms with Gasteiger partial charge >= 0.3 is 6.03 Å². The van der Waals surface area contributed by atoms with Gasteiger partial charge in [-0.25, -0.2) is 4.79 Å². The SMILES string of the molecule is CC(C)CCNC(=O)N1CCC(C(=O)[C@@H]2CCCN2C(=O)CC(C)(C)C)C1. The molecule has 0 saturated carbocycles. The van der Waals surface area contributed by atoms with E-state index in [9.17, 15) is 14.4 Å². The van der Waals surface area contributed by atoms with Crippen molar-refractivity contribution in [1.82, 2.24) is 15.1 Å². The van der Waals surface area contributed by atoms with Crippen LogP contribution in [0.2, 0.25) is 0 Å². The van der Waals surface area contributed by atoms with Crippen LogP contribution >= 0.6 is 0 Å². The van der Waals surface area contributed by atoms with Gasteiger partial charge in [0.2, 0.25) is 5.91 Å². The number of carbonyl (C=O) groups excluding carboxylic acids is 3. The molecule has 2 aliphatic heterocycles. The molecule has 0 aromatic heterocycles. The summed E-state index contributed by atoms with van der Waals surface area (Å²) in [5.74, 6) is 0.637. The maximum Gasteiger partial charge on any atom is 0.317 e. The molecule has 2 atom stereocenters. The van der Waals surface area contributed by atoms with Crippen molar-refractivity contribution in [2.45, 2.75) is 72.8 Å². The Hall–Kier alpha value is -1.59.